The first-order valence-corrected chi connectivity index (χ1v) is 5.94. The van der Waals surface area contributed by atoms with Crippen molar-refractivity contribution in [1.82, 2.24) is 5.32 Å². The molecule has 2 atom stereocenters. The van der Waals surface area contributed by atoms with E-state index < -0.39 is 0 Å². The minimum atomic E-state index is -0.107. The first-order chi connectivity index (χ1) is 8.08. The van der Waals surface area contributed by atoms with Gasteiger partial charge in [-0.15, -0.1) is 0 Å². The van der Waals surface area contributed by atoms with Gasteiger partial charge < -0.3 is 16.2 Å². The van der Waals surface area contributed by atoms with Crippen molar-refractivity contribution in [3.63, 3.8) is 0 Å². The summed E-state index contributed by atoms with van der Waals surface area (Å²) in [6.07, 6.45) is 2.99. The molecule has 1 aliphatic carbocycles. The zero-order chi connectivity index (χ0) is 12.4. The fraction of sp³-hybridized carbons (Fsp3) is 0.462. The van der Waals surface area contributed by atoms with Crippen LogP contribution in [0.3, 0.4) is 0 Å². The number of amides is 1. The Morgan fingerprint density at radius 1 is 1.47 bits per heavy atom. The van der Waals surface area contributed by atoms with E-state index >= 15 is 0 Å². The maximum atomic E-state index is 12.0. The number of hydrogen-bond acceptors (Lipinski definition) is 3. The van der Waals surface area contributed by atoms with Crippen LogP contribution in [0.15, 0.2) is 18.2 Å². The number of phenolic OH excluding ortho intramolecular Hbond substituents is 1. The maximum absolute atomic E-state index is 12.0. The predicted molar refractivity (Wildman–Crippen MR) is 65.9 cm³/mol. The van der Waals surface area contributed by atoms with Gasteiger partial charge in [0.25, 0.3) is 5.91 Å². The largest absolute Gasteiger partial charge is 0.508 e. The van der Waals surface area contributed by atoms with Crippen molar-refractivity contribution in [2.75, 3.05) is 0 Å². The normalized spacial score (nSPS) is 23.6. The summed E-state index contributed by atoms with van der Waals surface area (Å²) in [6, 6.07) is 4.90. The van der Waals surface area contributed by atoms with Crippen molar-refractivity contribution in [2.24, 2.45) is 5.73 Å². The fourth-order valence-corrected chi connectivity index (χ4v) is 2.32. The third-order valence-electron chi connectivity index (χ3n) is 3.34. The van der Waals surface area contributed by atoms with Gasteiger partial charge in [0.05, 0.1) is 0 Å². The standard InChI is InChI=1S/C13H18N2O2/c1-8-7-9(16)5-6-10(8)13(17)15-12-4-2-3-11(12)14/h5-7,11-12,16H,2-4,14H2,1H3,(H,15,17). The average Bonchev–Trinajstić information content (AvgIpc) is 2.64. The molecule has 0 saturated heterocycles. The van der Waals surface area contributed by atoms with Crippen LogP contribution in [0.2, 0.25) is 0 Å². The van der Waals surface area contributed by atoms with E-state index in [1.165, 1.54) is 6.07 Å². The number of rotatable bonds is 2. The highest BCUT2D eigenvalue weighted by Gasteiger charge is 2.25. The van der Waals surface area contributed by atoms with E-state index in [0.29, 0.717) is 5.56 Å². The molecule has 1 aromatic rings. The SMILES string of the molecule is Cc1cc(O)ccc1C(=O)NC1CCCC1N. The highest BCUT2D eigenvalue weighted by atomic mass is 16.3. The summed E-state index contributed by atoms with van der Waals surface area (Å²) in [6.45, 7) is 1.81. The number of aromatic hydroxyl groups is 1. The molecule has 0 aromatic heterocycles. The first kappa shape index (κ1) is 11.9. The van der Waals surface area contributed by atoms with Crippen LogP contribution in [0.25, 0.3) is 0 Å². The molecule has 1 saturated carbocycles. The summed E-state index contributed by atoms with van der Waals surface area (Å²) in [5.74, 6) is 0.0708. The molecule has 17 heavy (non-hydrogen) atoms. The molecule has 92 valence electrons. The summed E-state index contributed by atoms with van der Waals surface area (Å²) in [4.78, 5) is 12.0. The molecule has 0 bridgehead atoms. The molecule has 4 nitrogen and oxygen atoms in total. The summed E-state index contributed by atoms with van der Waals surface area (Å²) in [5, 5.41) is 12.3. The lowest BCUT2D eigenvalue weighted by molar-refractivity contribution is 0.0934. The Hall–Kier alpha value is -1.55. The van der Waals surface area contributed by atoms with Gasteiger partial charge in [0.2, 0.25) is 0 Å². The molecule has 0 radical (unpaired) electrons. The number of carbonyl (C=O) groups excluding carboxylic acids is 1. The molecule has 0 heterocycles. The lowest BCUT2D eigenvalue weighted by Crippen LogP contribution is -2.44. The Balaban J connectivity index is 2.09. The Morgan fingerprint density at radius 3 is 2.82 bits per heavy atom. The topological polar surface area (TPSA) is 75.3 Å². The molecule has 0 aliphatic heterocycles. The number of hydrogen-bond donors (Lipinski definition) is 3. The van der Waals surface area contributed by atoms with Gasteiger partial charge >= 0.3 is 0 Å². The second-order valence-electron chi connectivity index (χ2n) is 4.67. The number of nitrogens with two attached hydrogens (primary N) is 1. The van der Waals surface area contributed by atoms with Crippen molar-refractivity contribution in [1.29, 1.82) is 0 Å². The second kappa shape index (κ2) is 4.75. The minimum absolute atomic E-state index is 0.0661. The smallest absolute Gasteiger partial charge is 0.251 e. The highest BCUT2D eigenvalue weighted by molar-refractivity contribution is 5.96. The quantitative estimate of drug-likeness (QED) is 0.722. The number of phenols is 1. The van der Waals surface area contributed by atoms with Gasteiger partial charge in [-0.2, -0.15) is 0 Å². The van der Waals surface area contributed by atoms with Crippen LogP contribution in [0.1, 0.15) is 35.2 Å². The molecule has 2 unspecified atom stereocenters. The van der Waals surface area contributed by atoms with Gasteiger partial charge in [-0.3, -0.25) is 4.79 Å². The van der Waals surface area contributed by atoms with Gasteiger partial charge in [-0.25, -0.2) is 0 Å². The molecule has 1 fully saturated rings. The van der Waals surface area contributed by atoms with E-state index in [9.17, 15) is 9.90 Å². The van der Waals surface area contributed by atoms with E-state index in [4.69, 9.17) is 5.73 Å². The molecule has 1 aliphatic rings. The zero-order valence-corrected chi connectivity index (χ0v) is 9.94. The van der Waals surface area contributed by atoms with Crippen LogP contribution < -0.4 is 11.1 Å². The third-order valence-corrected chi connectivity index (χ3v) is 3.34. The van der Waals surface area contributed by atoms with Gasteiger partial charge in [0, 0.05) is 17.6 Å². The van der Waals surface area contributed by atoms with Gasteiger partial charge in [-0.05, 0) is 49.9 Å². The van der Waals surface area contributed by atoms with Crippen molar-refractivity contribution in [2.45, 2.75) is 38.3 Å². The van der Waals surface area contributed by atoms with Gasteiger partial charge in [0.15, 0.2) is 0 Å². The first-order valence-electron chi connectivity index (χ1n) is 5.94. The van der Waals surface area contributed by atoms with E-state index in [-0.39, 0.29) is 23.7 Å². The lowest BCUT2D eigenvalue weighted by Gasteiger charge is -2.18. The lowest BCUT2D eigenvalue weighted by atomic mass is 10.1. The van der Waals surface area contributed by atoms with Gasteiger partial charge in [0.1, 0.15) is 5.75 Å². The highest BCUT2D eigenvalue weighted by Crippen LogP contribution is 2.19. The zero-order valence-electron chi connectivity index (χ0n) is 9.94. The number of nitrogens with one attached hydrogen (secondary N) is 1. The van der Waals surface area contributed by atoms with Crippen LogP contribution in [0.4, 0.5) is 0 Å². The van der Waals surface area contributed by atoms with Crippen LogP contribution >= 0.6 is 0 Å². The summed E-state index contributed by atoms with van der Waals surface area (Å²) in [5.41, 5.74) is 7.28. The molecular weight excluding hydrogens is 216 g/mol. The molecule has 4 heteroatoms. The van der Waals surface area contributed by atoms with E-state index in [1.807, 2.05) is 6.92 Å². The summed E-state index contributed by atoms with van der Waals surface area (Å²) < 4.78 is 0. The molecule has 1 amide bonds. The number of aryl methyl sites for hydroxylation is 1. The van der Waals surface area contributed by atoms with Crippen molar-refractivity contribution in [3.05, 3.63) is 29.3 Å². The fourth-order valence-electron chi connectivity index (χ4n) is 2.32. The Kier molecular flexibility index (Phi) is 3.33. The molecule has 1 aromatic carbocycles. The second-order valence-corrected chi connectivity index (χ2v) is 4.67. The van der Waals surface area contributed by atoms with E-state index in [2.05, 4.69) is 5.32 Å². The number of carbonyl (C=O) groups is 1. The van der Waals surface area contributed by atoms with Crippen molar-refractivity contribution in [3.8, 4) is 5.75 Å². The maximum Gasteiger partial charge on any atom is 0.251 e. The molecular formula is C13H18N2O2. The van der Waals surface area contributed by atoms with Crippen molar-refractivity contribution >= 4 is 5.91 Å². The molecule has 2 rings (SSSR count). The van der Waals surface area contributed by atoms with Crippen LogP contribution in [0, 0.1) is 6.92 Å². The third kappa shape index (κ3) is 2.58. The monoisotopic (exact) mass is 234 g/mol. The molecule has 0 spiro atoms. The van der Waals surface area contributed by atoms with Gasteiger partial charge in [-0.1, -0.05) is 0 Å². The van der Waals surface area contributed by atoms with Crippen LogP contribution in [0.5, 0.6) is 5.75 Å². The van der Waals surface area contributed by atoms with E-state index in [1.54, 1.807) is 12.1 Å². The molecule has 4 N–H and O–H groups in total. The predicted octanol–water partition coefficient (Wildman–Crippen LogP) is 1.31. The van der Waals surface area contributed by atoms with Crippen LogP contribution in [-0.4, -0.2) is 23.1 Å². The van der Waals surface area contributed by atoms with Crippen molar-refractivity contribution < 1.29 is 9.90 Å². The minimum Gasteiger partial charge on any atom is -0.508 e. The Labute approximate surface area is 101 Å². The Bertz CT molecular complexity index is 431. The average molecular weight is 234 g/mol. The van der Waals surface area contributed by atoms with Crippen LogP contribution in [-0.2, 0) is 0 Å². The van der Waals surface area contributed by atoms with E-state index in [0.717, 1.165) is 24.8 Å². The summed E-state index contributed by atoms with van der Waals surface area (Å²) >= 11 is 0. The summed E-state index contributed by atoms with van der Waals surface area (Å²) in [7, 11) is 0. The Morgan fingerprint density at radius 2 is 2.24 bits per heavy atom. The number of benzene rings is 1.